The van der Waals surface area contributed by atoms with Crippen LogP contribution in [0, 0.1) is 6.92 Å². The van der Waals surface area contributed by atoms with Gasteiger partial charge >= 0.3 is 0 Å². The molecule has 2 aliphatic rings. The van der Waals surface area contributed by atoms with Gasteiger partial charge in [-0.15, -0.1) is 0 Å². The lowest BCUT2D eigenvalue weighted by molar-refractivity contribution is -0.907. The summed E-state index contributed by atoms with van der Waals surface area (Å²) in [6.07, 6.45) is 0. The molecule has 39 heavy (non-hydrogen) atoms. The minimum absolute atomic E-state index is 0.0628. The molecule has 2 N–H and O–H groups in total. The van der Waals surface area contributed by atoms with E-state index < -0.39 is 23.5 Å². The number of benzene rings is 3. The van der Waals surface area contributed by atoms with E-state index in [0.717, 1.165) is 24.2 Å². The van der Waals surface area contributed by atoms with Gasteiger partial charge in [-0.25, -0.2) is 0 Å². The third-order valence-electron chi connectivity index (χ3n) is 7.42. The number of phenolic OH excluding ortho intramolecular Hbond substituents is 1. The molecule has 8 nitrogen and oxygen atoms in total. The predicted molar refractivity (Wildman–Crippen MR) is 143 cm³/mol. The minimum Gasteiger partial charge on any atom is -0.872 e. The Bertz CT molecular complexity index is 1360. The largest absolute Gasteiger partial charge is 0.872 e. The number of Topliss-reactive ketones (excluding diaryl/α,β-unsaturated/α-hetero) is 1. The second-order valence-electron chi connectivity index (χ2n) is 9.92. The van der Waals surface area contributed by atoms with Crippen molar-refractivity contribution in [2.45, 2.75) is 19.6 Å². The summed E-state index contributed by atoms with van der Waals surface area (Å²) >= 11 is 0. The number of nitrogens with one attached hydrogen (secondary N) is 1. The summed E-state index contributed by atoms with van der Waals surface area (Å²) in [5.41, 5.74) is 3.03. The van der Waals surface area contributed by atoms with Crippen LogP contribution in [0.2, 0.25) is 0 Å². The molecular weight excluding hydrogens is 496 g/mol. The second-order valence-corrected chi connectivity index (χ2v) is 9.92. The Kier molecular flexibility index (Phi) is 7.95. The molecule has 1 unspecified atom stereocenters. The van der Waals surface area contributed by atoms with Gasteiger partial charge < -0.3 is 29.5 Å². The zero-order chi connectivity index (χ0) is 27.4. The molecule has 3 aromatic carbocycles. The number of ketones is 1. The van der Waals surface area contributed by atoms with Crippen LogP contribution in [0.15, 0.2) is 78.4 Å². The number of quaternary nitrogens is 1. The summed E-state index contributed by atoms with van der Waals surface area (Å²) in [4.78, 5) is 29.2. The normalized spacial score (nSPS) is 19.4. The third-order valence-corrected chi connectivity index (χ3v) is 7.42. The summed E-state index contributed by atoms with van der Waals surface area (Å²) in [5.74, 6) is -1.29. The molecule has 2 aliphatic heterocycles. The second kappa shape index (κ2) is 11.7. The Morgan fingerprint density at radius 3 is 2.41 bits per heavy atom. The number of hydrogen-bond acceptors (Lipinski definition) is 6. The third kappa shape index (κ3) is 5.82. The number of likely N-dealkylation sites (tertiary alicyclic amines) is 1. The summed E-state index contributed by atoms with van der Waals surface area (Å²) in [6.45, 7) is 6.36. The van der Waals surface area contributed by atoms with Gasteiger partial charge in [-0.3, -0.25) is 9.59 Å². The molecule has 202 valence electrons. The van der Waals surface area contributed by atoms with E-state index in [9.17, 15) is 19.8 Å². The van der Waals surface area contributed by atoms with Crippen LogP contribution in [0.1, 0.15) is 28.3 Å². The van der Waals surface area contributed by atoms with Gasteiger partial charge in [0.2, 0.25) is 5.78 Å². The maximum atomic E-state index is 13.7. The molecule has 0 saturated carbocycles. The maximum absolute atomic E-state index is 13.7. The molecule has 2 fully saturated rings. The number of morpholine rings is 1. The van der Waals surface area contributed by atoms with Crippen molar-refractivity contribution < 1.29 is 34.2 Å². The van der Waals surface area contributed by atoms with Crippen molar-refractivity contribution in [3.63, 3.8) is 0 Å². The number of hydrogen-bond donors (Lipinski definition) is 2. The molecule has 2 heterocycles. The summed E-state index contributed by atoms with van der Waals surface area (Å²) < 4.78 is 11.3. The van der Waals surface area contributed by atoms with Crippen LogP contribution in [0.3, 0.4) is 0 Å². The quantitative estimate of drug-likeness (QED) is 0.261. The van der Waals surface area contributed by atoms with E-state index in [4.69, 9.17) is 9.47 Å². The van der Waals surface area contributed by atoms with Crippen molar-refractivity contribution in [2.75, 3.05) is 39.4 Å². The number of carbonyl (C=O) groups excluding carboxylic acids is 2. The lowest BCUT2D eigenvalue weighted by atomic mass is 9.95. The SMILES string of the molecule is Cc1ccccc1COc1ccc(/C([O-])=C2\C(=O)C(=O)N(CC[NH+]3CCOCC3)C2c2ccc(O)cc2)cc1. The number of ether oxygens (including phenoxy) is 2. The van der Waals surface area contributed by atoms with Gasteiger partial charge in [0.1, 0.15) is 31.2 Å². The Balaban J connectivity index is 1.41. The van der Waals surface area contributed by atoms with Crippen molar-refractivity contribution >= 4 is 17.4 Å². The average Bonchev–Trinajstić information content (AvgIpc) is 3.21. The number of nitrogens with zero attached hydrogens (tertiary/aromatic N) is 1. The molecule has 0 radical (unpaired) electrons. The van der Waals surface area contributed by atoms with Crippen LogP contribution < -0.4 is 14.7 Å². The van der Waals surface area contributed by atoms with Crippen molar-refractivity contribution in [1.29, 1.82) is 0 Å². The standard InChI is InChI=1S/C31H32N2O6/c1-21-4-2-3-5-24(21)20-39-26-12-8-23(9-13-26)29(35)27-28(22-6-10-25(34)11-7-22)33(31(37)30(27)36)15-14-32-16-18-38-19-17-32/h2-13,28,34-35H,14-20H2,1H3/b29-27+. The summed E-state index contributed by atoms with van der Waals surface area (Å²) in [5, 5.41) is 23.5. The molecule has 5 rings (SSSR count). The van der Waals surface area contributed by atoms with E-state index in [-0.39, 0.29) is 11.3 Å². The first-order valence-electron chi connectivity index (χ1n) is 13.2. The number of aromatic hydroxyl groups is 1. The van der Waals surface area contributed by atoms with E-state index in [2.05, 4.69) is 0 Å². The first-order chi connectivity index (χ1) is 18.9. The Hall–Kier alpha value is -4.14. The van der Waals surface area contributed by atoms with Gasteiger partial charge in [0, 0.05) is 5.57 Å². The smallest absolute Gasteiger partial charge is 0.295 e. The highest BCUT2D eigenvalue weighted by atomic mass is 16.5. The van der Waals surface area contributed by atoms with Gasteiger partial charge in [0.15, 0.2) is 0 Å². The molecule has 8 heteroatoms. The van der Waals surface area contributed by atoms with Crippen molar-refractivity contribution in [1.82, 2.24) is 4.90 Å². The van der Waals surface area contributed by atoms with Crippen LogP contribution in [0.5, 0.6) is 11.5 Å². The predicted octanol–water partition coefficient (Wildman–Crippen LogP) is 1.42. The topological polar surface area (TPSA) is 104 Å². The Morgan fingerprint density at radius 1 is 1.03 bits per heavy atom. The van der Waals surface area contributed by atoms with Gasteiger partial charge in [-0.05, 0) is 53.4 Å². The zero-order valence-corrected chi connectivity index (χ0v) is 21.9. The van der Waals surface area contributed by atoms with E-state index in [1.807, 2.05) is 31.2 Å². The first-order valence-corrected chi connectivity index (χ1v) is 13.2. The van der Waals surface area contributed by atoms with Gasteiger partial charge in [-0.1, -0.05) is 54.3 Å². The molecule has 0 bridgehead atoms. The fourth-order valence-electron chi connectivity index (χ4n) is 5.08. The molecule has 0 aromatic heterocycles. The Morgan fingerprint density at radius 2 is 1.72 bits per heavy atom. The molecular formula is C31H32N2O6. The monoisotopic (exact) mass is 528 g/mol. The number of phenols is 1. The van der Waals surface area contributed by atoms with Crippen molar-refractivity contribution in [2.24, 2.45) is 0 Å². The minimum atomic E-state index is -0.824. The van der Waals surface area contributed by atoms with Crippen LogP contribution in [-0.2, 0) is 20.9 Å². The fourth-order valence-corrected chi connectivity index (χ4v) is 5.08. The van der Waals surface area contributed by atoms with E-state index >= 15 is 0 Å². The van der Waals surface area contributed by atoms with Gasteiger partial charge in [0.25, 0.3) is 5.91 Å². The molecule has 0 spiro atoms. The highest BCUT2D eigenvalue weighted by Crippen LogP contribution is 2.39. The van der Waals surface area contributed by atoms with Crippen molar-refractivity contribution in [3.8, 4) is 11.5 Å². The molecule has 1 atom stereocenters. The highest BCUT2D eigenvalue weighted by molar-refractivity contribution is 6.46. The molecule has 0 aliphatic carbocycles. The first kappa shape index (κ1) is 26.5. The molecule has 2 saturated heterocycles. The van der Waals surface area contributed by atoms with Crippen molar-refractivity contribution in [3.05, 3.63) is 101 Å². The molecule has 3 aromatic rings. The lowest BCUT2D eigenvalue weighted by Crippen LogP contribution is -3.14. The van der Waals surface area contributed by atoms with Crippen LogP contribution in [-0.4, -0.2) is 61.1 Å². The van der Waals surface area contributed by atoms with Crippen LogP contribution >= 0.6 is 0 Å². The zero-order valence-electron chi connectivity index (χ0n) is 21.9. The highest BCUT2D eigenvalue weighted by Gasteiger charge is 2.44. The average molecular weight is 529 g/mol. The van der Waals surface area contributed by atoms with E-state index in [0.29, 0.717) is 49.8 Å². The van der Waals surface area contributed by atoms with Gasteiger partial charge in [0.05, 0.1) is 32.3 Å². The number of rotatable bonds is 8. The summed E-state index contributed by atoms with van der Waals surface area (Å²) in [7, 11) is 0. The Labute approximate surface area is 227 Å². The maximum Gasteiger partial charge on any atom is 0.295 e. The fraction of sp³-hybridized carbons (Fsp3) is 0.290. The number of amides is 1. The summed E-state index contributed by atoms with van der Waals surface area (Å²) in [6, 6.07) is 20.1. The lowest BCUT2D eigenvalue weighted by Gasteiger charge is -2.30. The van der Waals surface area contributed by atoms with Crippen LogP contribution in [0.25, 0.3) is 5.76 Å². The molecule has 1 amide bonds. The van der Waals surface area contributed by atoms with E-state index in [1.165, 1.54) is 21.9 Å². The van der Waals surface area contributed by atoms with Gasteiger partial charge in [-0.2, -0.15) is 0 Å². The van der Waals surface area contributed by atoms with Crippen LogP contribution in [0.4, 0.5) is 0 Å². The number of aryl methyl sites for hydroxylation is 1. The van der Waals surface area contributed by atoms with E-state index in [1.54, 1.807) is 36.4 Å². The number of carbonyl (C=O) groups is 2.